The highest BCUT2D eigenvalue weighted by Crippen LogP contribution is 2.27. The fourth-order valence-electron chi connectivity index (χ4n) is 1.82. The lowest BCUT2D eigenvalue weighted by atomic mass is 10.0. The van der Waals surface area contributed by atoms with E-state index in [4.69, 9.17) is 16.0 Å². The molecule has 4 heteroatoms. The third-order valence-corrected chi connectivity index (χ3v) is 3.50. The van der Waals surface area contributed by atoms with Gasteiger partial charge >= 0.3 is 0 Å². The van der Waals surface area contributed by atoms with Crippen LogP contribution in [0.25, 0.3) is 0 Å². The van der Waals surface area contributed by atoms with Crippen molar-refractivity contribution in [1.82, 2.24) is 5.32 Å². The zero-order valence-electron chi connectivity index (χ0n) is 9.41. The quantitative estimate of drug-likeness (QED) is 0.915. The second-order valence-corrected chi connectivity index (χ2v) is 5.08. The number of benzene rings is 1. The Hall–Kier alpha value is -0.770. The van der Waals surface area contributed by atoms with E-state index in [0.717, 1.165) is 16.5 Å². The van der Waals surface area contributed by atoms with Crippen molar-refractivity contribution in [1.29, 1.82) is 0 Å². The van der Waals surface area contributed by atoms with Crippen LogP contribution in [0.1, 0.15) is 17.2 Å². The van der Waals surface area contributed by atoms with Crippen LogP contribution in [0.5, 0.6) is 0 Å². The first-order chi connectivity index (χ1) is 8.20. The lowest BCUT2D eigenvalue weighted by Gasteiger charge is -2.15. The average molecular weight is 315 g/mol. The minimum Gasteiger partial charge on any atom is -0.453 e. The Bertz CT molecular complexity index is 498. The zero-order valence-corrected chi connectivity index (χ0v) is 11.8. The molecule has 2 nitrogen and oxygen atoms in total. The predicted molar refractivity (Wildman–Crippen MR) is 73.4 cm³/mol. The van der Waals surface area contributed by atoms with Gasteiger partial charge in [-0.1, -0.05) is 28.1 Å². The van der Waals surface area contributed by atoms with E-state index in [9.17, 15) is 0 Å². The van der Waals surface area contributed by atoms with Gasteiger partial charge in [0.15, 0.2) is 5.22 Å². The summed E-state index contributed by atoms with van der Waals surface area (Å²) in [6.45, 7) is 0. The lowest BCUT2D eigenvalue weighted by Crippen LogP contribution is -2.18. The van der Waals surface area contributed by atoms with Gasteiger partial charge in [-0.25, -0.2) is 0 Å². The molecule has 0 amide bonds. The van der Waals surface area contributed by atoms with E-state index in [1.807, 2.05) is 25.2 Å². The van der Waals surface area contributed by atoms with Crippen LogP contribution in [-0.4, -0.2) is 7.05 Å². The molecule has 0 aliphatic heterocycles. The molecule has 1 N–H and O–H groups in total. The monoisotopic (exact) mass is 313 g/mol. The molecule has 2 rings (SSSR count). The van der Waals surface area contributed by atoms with Crippen LogP contribution in [0.4, 0.5) is 0 Å². The second kappa shape index (κ2) is 5.71. The van der Waals surface area contributed by atoms with Gasteiger partial charge in [-0.05, 0) is 48.8 Å². The number of hydrogen-bond donors (Lipinski definition) is 1. The third kappa shape index (κ3) is 3.12. The van der Waals surface area contributed by atoms with Gasteiger partial charge in [-0.3, -0.25) is 0 Å². The molecule has 0 fully saturated rings. The number of rotatable bonds is 4. The summed E-state index contributed by atoms with van der Waals surface area (Å²) in [4.78, 5) is 0. The Kier molecular flexibility index (Phi) is 4.26. The summed E-state index contributed by atoms with van der Waals surface area (Å²) in [5.41, 5.74) is 2.24. The zero-order chi connectivity index (χ0) is 12.3. The molecule has 1 heterocycles. The van der Waals surface area contributed by atoms with E-state index in [-0.39, 0.29) is 6.04 Å². The molecule has 1 unspecified atom stereocenters. The highest BCUT2D eigenvalue weighted by atomic mass is 79.9. The molecule has 90 valence electrons. The molecule has 1 aromatic heterocycles. The smallest absolute Gasteiger partial charge is 0.197 e. The first-order valence-electron chi connectivity index (χ1n) is 5.35. The van der Waals surface area contributed by atoms with Crippen molar-refractivity contribution < 1.29 is 4.42 Å². The maximum absolute atomic E-state index is 5.99. The van der Waals surface area contributed by atoms with E-state index < -0.39 is 0 Å². The highest BCUT2D eigenvalue weighted by molar-refractivity contribution is 9.10. The van der Waals surface area contributed by atoms with Gasteiger partial charge in [0.2, 0.25) is 0 Å². The fourth-order valence-corrected chi connectivity index (χ4v) is 2.51. The van der Waals surface area contributed by atoms with Gasteiger partial charge in [0.1, 0.15) is 0 Å². The molecule has 17 heavy (non-hydrogen) atoms. The molecule has 0 spiro atoms. The van der Waals surface area contributed by atoms with Gasteiger partial charge in [-0.15, -0.1) is 0 Å². The fraction of sp³-hybridized carbons (Fsp3) is 0.231. The summed E-state index contributed by atoms with van der Waals surface area (Å²) in [5.74, 6) is 0. The molecule has 0 aliphatic rings. The number of halogens is 2. The Morgan fingerprint density at radius 1 is 1.41 bits per heavy atom. The van der Waals surface area contributed by atoms with E-state index in [0.29, 0.717) is 5.22 Å². The van der Waals surface area contributed by atoms with Gasteiger partial charge in [0.05, 0.1) is 6.26 Å². The average Bonchev–Trinajstić information content (AvgIpc) is 2.72. The van der Waals surface area contributed by atoms with E-state index in [1.165, 1.54) is 5.56 Å². The molecule has 0 bridgehead atoms. The molecule has 0 radical (unpaired) electrons. The summed E-state index contributed by atoms with van der Waals surface area (Å²) in [7, 11) is 1.92. The van der Waals surface area contributed by atoms with Crippen LogP contribution in [0.3, 0.4) is 0 Å². The van der Waals surface area contributed by atoms with Crippen molar-refractivity contribution >= 4 is 27.5 Å². The second-order valence-electron chi connectivity index (χ2n) is 3.82. The van der Waals surface area contributed by atoms with Gasteiger partial charge in [0, 0.05) is 16.1 Å². The summed E-state index contributed by atoms with van der Waals surface area (Å²) in [6.07, 6.45) is 2.48. The molecule has 0 aliphatic carbocycles. The Morgan fingerprint density at radius 3 is 2.82 bits per heavy atom. The van der Waals surface area contributed by atoms with Crippen LogP contribution in [0.2, 0.25) is 5.22 Å². The topological polar surface area (TPSA) is 25.2 Å². The van der Waals surface area contributed by atoms with Crippen molar-refractivity contribution in [3.05, 3.63) is 57.4 Å². The first kappa shape index (κ1) is 12.7. The van der Waals surface area contributed by atoms with Gasteiger partial charge in [0.25, 0.3) is 0 Å². The van der Waals surface area contributed by atoms with E-state index in [2.05, 4.69) is 33.4 Å². The molecule has 1 aromatic carbocycles. The Labute approximate surface area is 114 Å². The van der Waals surface area contributed by atoms with Crippen LogP contribution < -0.4 is 5.32 Å². The molecular formula is C13H13BrClNO. The minimum absolute atomic E-state index is 0.163. The molecule has 2 aromatic rings. The van der Waals surface area contributed by atoms with Gasteiger partial charge < -0.3 is 9.73 Å². The maximum Gasteiger partial charge on any atom is 0.197 e. The van der Waals surface area contributed by atoms with Gasteiger partial charge in [-0.2, -0.15) is 0 Å². The number of nitrogens with one attached hydrogen (secondary N) is 1. The standard InChI is InChI=1S/C13H13BrClNO/c1-16-12(11-5-6-17-13(11)15)8-9-3-2-4-10(14)7-9/h2-7,12,16H,8H2,1H3. The van der Waals surface area contributed by atoms with Crippen molar-refractivity contribution in [3.63, 3.8) is 0 Å². The van der Waals surface area contributed by atoms with E-state index >= 15 is 0 Å². The summed E-state index contributed by atoms with van der Waals surface area (Å²) < 4.78 is 6.21. The van der Waals surface area contributed by atoms with Crippen molar-refractivity contribution in [2.45, 2.75) is 12.5 Å². The largest absolute Gasteiger partial charge is 0.453 e. The van der Waals surface area contributed by atoms with Crippen molar-refractivity contribution in [3.8, 4) is 0 Å². The van der Waals surface area contributed by atoms with E-state index in [1.54, 1.807) is 6.26 Å². The summed E-state index contributed by atoms with van der Waals surface area (Å²) in [5, 5.41) is 3.71. The Balaban J connectivity index is 2.19. The first-order valence-corrected chi connectivity index (χ1v) is 6.52. The summed E-state index contributed by atoms with van der Waals surface area (Å²) in [6, 6.07) is 10.3. The van der Waals surface area contributed by atoms with Crippen molar-refractivity contribution in [2.75, 3.05) is 7.05 Å². The highest BCUT2D eigenvalue weighted by Gasteiger charge is 2.15. The molecule has 0 saturated carbocycles. The third-order valence-electron chi connectivity index (χ3n) is 2.70. The SMILES string of the molecule is CNC(Cc1cccc(Br)c1)c1ccoc1Cl. The van der Waals surface area contributed by atoms with Crippen LogP contribution >= 0.6 is 27.5 Å². The number of hydrogen-bond acceptors (Lipinski definition) is 2. The number of likely N-dealkylation sites (N-methyl/N-ethyl adjacent to an activating group) is 1. The van der Waals surface area contributed by atoms with Crippen molar-refractivity contribution in [2.24, 2.45) is 0 Å². The van der Waals surface area contributed by atoms with Crippen LogP contribution in [0.15, 0.2) is 45.5 Å². The normalized spacial score (nSPS) is 12.6. The summed E-state index contributed by atoms with van der Waals surface area (Å²) >= 11 is 9.47. The lowest BCUT2D eigenvalue weighted by molar-refractivity contribution is 0.544. The van der Waals surface area contributed by atoms with Crippen LogP contribution in [-0.2, 0) is 6.42 Å². The number of furan rings is 1. The predicted octanol–water partition coefficient (Wildman–Crippen LogP) is 4.20. The maximum atomic E-state index is 5.99. The molecular weight excluding hydrogens is 302 g/mol. The van der Waals surface area contributed by atoms with Crippen LogP contribution in [0, 0.1) is 0 Å². The Morgan fingerprint density at radius 2 is 2.24 bits per heavy atom. The molecule has 1 atom stereocenters. The molecule has 0 saturated heterocycles. The minimum atomic E-state index is 0.163.